The van der Waals surface area contributed by atoms with Crippen LogP contribution in [0.4, 0.5) is 0 Å². The van der Waals surface area contributed by atoms with Crippen molar-refractivity contribution in [1.82, 2.24) is 5.32 Å². The van der Waals surface area contributed by atoms with Gasteiger partial charge in [0, 0.05) is 5.56 Å². The van der Waals surface area contributed by atoms with Crippen LogP contribution < -0.4 is 10.2 Å². The van der Waals surface area contributed by atoms with Crippen LogP contribution in [-0.4, -0.2) is 30.9 Å². The molecule has 2 N–H and O–H groups in total. The fourth-order valence-corrected chi connectivity index (χ4v) is 3.65. The van der Waals surface area contributed by atoms with Gasteiger partial charge in [0.1, 0.15) is 0 Å². The molecule has 3 rings (SSSR count). The summed E-state index contributed by atoms with van der Waals surface area (Å²) in [7, 11) is 0. The van der Waals surface area contributed by atoms with Gasteiger partial charge in [0.05, 0.1) is 18.0 Å². The molecule has 0 spiro atoms. The maximum absolute atomic E-state index is 12.9. The van der Waals surface area contributed by atoms with Crippen molar-refractivity contribution in [3.05, 3.63) is 58.3 Å². The lowest BCUT2D eigenvalue weighted by Gasteiger charge is -2.30. The van der Waals surface area contributed by atoms with Gasteiger partial charge in [-0.2, -0.15) is 0 Å². The molecule has 1 saturated heterocycles. The Morgan fingerprint density at radius 2 is 1.74 bits per heavy atom. The van der Waals surface area contributed by atoms with E-state index in [2.05, 4.69) is 5.32 Å². The van der Waals surface area contributed by atoms with Crippen LogP contribution >= 0.6 is 11.3 Å². The monoisotopic (exact) mass is 329 g/mol. The Morgan fingerprint density at radius 3 is 2.39 bits per heavy atom. The number of rotatable bonds is 5. The molecular weight excluding hydrogens is 308 g/mol. The minimum Gasteiger partial charge on any atom is -0.309 e. The number of hydrogen-bond donors (Lipinski definition) is 2. The van der Waals surface area contributed by atoms with Crippen molar-refractivity contribution in [2.75, 3.05) is 13.1 Å². The molecule has 120 valence electrons. The van der Waals surface area contributed by atoms with Crippen LogP contribution in [0.2, 0.25) is 0 Å². The van der Waals surface area contributed by atoms with Gasteiger partial charge in [-0.1, -0.05) is 36.4 Å². The summed E-state index contributed by atoms with van der Waals surface area (Å²) in [5, 5.41) is 4.84. The highest BCUT2D eigenvalue weighted by atomic mass is 32.1. The molecule has 1 aliphatic heterocycles. The fourth-order valence-electron chi connectivity index (χ4n) is 3.03. The molecule has 2 aromatic rings. The maximum Gasteiger partial charge on any atom is 0.266 e. The van der Waals surface area contributed by atoms with E-state index in [0.717, 1.165) is 30.8 Å². The van der Waals surface area contributed by atoms with Gasteiger partial charge in [0.2, 0.25) is 11.9 Å². The number of hydrogen-bond acceptors (Lipinski definition) is 3. The molecule has 0 unspecified atom stereocenters. The molecule has 1 aromatic carbocycles. The zero-order valence-electron chi connectivity index (χ0n) is 13.0. The predicted octanol–water partition coefficient (Wildman–Crippen LogP) is 1.76. The Labute approximate surface area is 140 Å². The highest BCUT2D eigenvalue weighted by Gasteiger charge is 2.33. The van der Waals surface area contributed by atoms with Crippen LogP contribution in [0.5, 0.6) is 0 Å². The number of nitrogens with one attached hydrogen (secondary N) is 2. The Kier molecular flexibility index (Phi) is 5.20. The molecule has 4 nitrogen and oxygen atoms in total. The fraction of sp³-hybridized carbons (Fsp3) is 0.333. The molecule has 23 heavy (non-hydrogen) atoms. The van der Waals surface area contributed by atoms with Gasteiger partial charge in [-0.05, 0) is 30.7 Å². The first-order valence-electron chi connectivity index (χ1n) is 8.04. The maximum atomic E-state index is 12.9. The summed E-state index contributed by atoms with van der Waals surface area (Å²) in [5.41, 5.74) is 0.655. The molecule has 2 heterocycles. The van der Waals surface area contributed by atoms with E-state index < -0.39 is 6.17 Å². The smallest absolute Gasteiger partial charge is 0.266 e. The third-order valence-corrected chi connectivity index (χ3v) is 5.11. The third kappa shape index (κ3) is 3.86. The number of Topliss-reactive ketones (excluding diaryl/α,β-unsaturated/α-hetero) is 1. The van der Waals surface area contributed by atoms with E-state index in [-0.39, 0.29) is 11.7 Å². The molecule has 1 aliphatic rings. The largest absolute Gasteiger partial charge is 0.309 e. The molecule has 1 aromatic heterocycles. The topological polar surface area (TPSA) is 50.6 Å². The van der Waals surface area contributed by atoms with Gasteiger partial charge in [0.25, 0.3) is 5.91 Å². The molecule has 1 atom stereocenters. The van der Waals surface area contributed by atoms with Crippen LogP contribution in [0, 0.1) is 0 Å². The SMILES string of the molecule is O=C(N[C@@H](C(=O)c1ccccc1)[NH+]1CCCCC1)c1cccs1. The highest BCUT2D eigenvalue weighted by Crippen LogP contribution is 2.09. The standard InChI is InChI=1S/C18H20N2O2S/c21-16(14-8-3-1-4-9-14)17(20-11-5-2-6-12-20)19-18(22)15-10-7-13-23-15/h1,3-4,7-10,13,17H,2,5-6,11-12H2,(H,19,22)/p+1/t17-/m1/s1. The van der Waals surface area contributed by atoms with Crippen LogP contribution in [0.3, 0.4) is 0 Å². The number of thiophene rings is 1. The van der Waals surface area contributed by atoms with Gasteiger partial charge < -0.3 is 4.90 Å². The second-order valence-electron chi connectivity index (χ2n) is 5.83. The molecule has 0 saturated carbocycles. The quantitative estimate of drug-likeness (QED) is 0.821. The summed E-state index contributed by atoms with van der Waals surface area (Å²) in [6.07, 6.45) is 2.90. The van der Waals surface area contributed by atoms with Crippen LogP contribution in [0.15, 0.2) is 47.8 Å². The van der Waals surface area contributed by atoms with Crippen LogP contribution in [0.25, 0.3) is 0 Å². The zero-order valence-corrected chi connectivity index (χ0v) is 13.8. The van der Waals surface area contributed by atoms with Crippen molar-refractivity contribution in [3.8, 4) is 0 Å². The van der Waals surface area contributed by atoms with Gasteiger partial charge in [-0.25, -0.2) is 0 Å². The van der Waals surface area contributed by atoms with E-state index in [4.69, 9.17) is 0 Å². The van der Waals surface area contributed by atoms with E-state index in [1.807, 2.05) is 41.8 Å². The first-order valence-corrected chi connectivity index (χ1v) is 8.92. The third-order valence-electron chi connectivity index (χ3n) is 4.24. The van der Waals surface area contributed by atoms with E-state index in [1.54, 1.807) is 6.07 Å². The molecule has 1 fully saturated rings. The first-order chi connectivity index (χ1) is 11.3. The summed E-state index contributed by atoms with van der Waals surface area (Å²) in [6, 6.07) is 12.9. The Bertz CT molecular complexity index is 649. The highest BCUT2D eigenvalue weighted by molar-refractivity contribution is 7.12. The minimum atomic E-state index is -0.507. The van der Waals surface area contributed by atoms with Gasteiger partial charge in [-0.3, -0.25) is 14.9 Å². The number of carbonyl (C=O) groups excluding carboxylic acids is 2. The summed E-state index contributed by atoms with van der Waals surface area (Å²) >= 11 is 1.39. The van der Waals surface area contributed by atoms with Crippen molar-refractivity contribution in [3.63, 3.8) is 0 Å². The first kappa shape index (κ1) is 15.9. The normalized spacial score (nSPS) is 16.7. The average Bonchev–Trinajstić information content (AvgIpc) is 3.15. The van der Waals surface area contributed by atoms with Gasteiger partial charge >= 0.3 is 0 Å². The van der Waals surface area contributed by atoms with Gasteiger partial charge in [-0.15, -0.1) is 11.3 Å². The zero-order chi connectivity index (χ0) is 16.1. The summed E-state index contributed by atoms with van der Waals surface area (Å²) < 4.78 is 0. The summed E-state index contributed by atoms with van der Waals surface area (Å²) in [5.74, 6) is -0.167. The van der Waals surface area contributed by atoms with E-state index in [1.165, 1.54) is 17.8 Å². The van der Waals surface area contributed by atoms with Crippen molar-refractivity contribution in [2.24, 2.45) is 0 Å². The molecular formula is C18H21N2O2S+. The minimum absolute atomic E-state index is 0.00703. The lowest BCUT2D eigenvalue weighted by molar-refractivity contribution is -0.922. The number of likely N-dealkylation sites (tertiary alicyclic amines) is 1. The summed E-state index contributed by atoms with van der Waals surface area (Å²) in [4.78, 5) is 27.2. The molecule has 0 aliphatic carbocycles. The number of carbonyl (C=O) groups is 2. The van der Waals surface area contributed by atoms with Crippen molar-refractivity contribution < 1.29 is 14.5 Å². The van der Waals surface area contributed by atoms with E-state index >= 15 is 0 Å². The van der Waals surface area contributed by atoms with Crippen LogP contribution in [0.1, 0.15) is 39.3 Å². The Hall–Kier alpha value is -1.98. The lowest BCUT2D eigenvalue weighted by atomic mass is 10.0. The van der Waals surface area contributed by atoms with E-state index in [0.29, 0.717) is 10.4 Å². The number of piperidine rings is 1. The predicted molar refractivity (Wildman–Crippen MR) is 90.9 cm³/mol. The lowest BCUT2D eigenvalue weighted by Crippen LogP contribution is -3.19. The number of amides is 1. The van der Waals surface area contributed by atoms with E-state index in [9.17, 15) is 9.59 Å². The number of ketones is 1. The van der Waals surface area contributed by atoms with Crippen molar-refractivity contribution in [2.45, 2.75) is 25.4 Å². The molecule has 5 heteroatoms. The average molecular weight is 329 g/mol. The molecule has 0 radical (unpaired) electrons. The molecule has 1 amide bonds. The van der Waals surface area contributed by atoms with Crippen molar-refractivity contribution >= 4 is 23.0 Å². The summed E-state index contributed by atoms with van der Waals surface area (Å²) in [6.45, 7) is 1.85. The Morgan fingerprint density at radius 1 is 1.00 bits per heavy atom. The second kappa shape index (κ2) is 7.53. The number of benzene rings is 1. The number of quaternary nitrogens is 1. The molecule has 0 bridgehead atoms. The van der Waals surface area contributed by atoms with Crippen molar-refractivity contribution in [1.29, 1.82) is 0 Å². The van der Waals surface area contributed by atoms with Crippen LogP contribution in [-0.2, 0) is 0 Å². The van der Waals surface area contributed by atoms with Gasteiger partial charge in [0.15, 0.2) is 0 Å². The Balaban J connectivity index is 1.81. The second-order valence-corrected chi connectivity index (χ2v) is 6.78.